The molecule has 2 rings (SSSR count). The molecule has 1 aromatic carbocycles. The number of hydrogen-bond acceptors (Lipinski definition) is 2. The van der Waals surface area contributed by atoms with Crippen LogP contribution in [0.5, 0.6) is 11.5 Å². The van der Waals surface area contributed by atoms with Gasteiger partial charge in [0.1, 0.15) is 11.5 Å². The molecule has 0 fully saturated rings. The molecule has 2 N–H and O–H groups in total. The number of allylic oxidation sites excluding steroid dienone is 2. The van der Waals surface area contributed by atoms with Gasteiger partial charge in [-0.3, -0.25) is 0 Å². The monoisotopic (exact) mass is 246 g/mol. The van der Waals surface area contributed by atoms with Gasteiger partial charge in [-0.1, -0.05) is 32.9 Å². The second-order valence-electron chi connectivity index (χ2n) is 6.15. The largest absolute Gasteiger partial charge is 0.508 e. The van der Waals surface area contributed by atoms with Crippen molar-refractivity contribution >= 4 is 0 Å². The van der Waals surface area contributed by atoms with Crippen LogP contribution in [0.15, 0.2) is 24.3 Å². The smallest absolute Gasteiger partial charge is 0.123 e. The number of benzene rings is 1. The second kappa shape index (κ2) is 4.68. The molecule has 18 heavy (non-hydrogen) atoms. The van der Waals surface area contributed by atoms with Crippen LogP contribution < -0.4 is 0 Å². The predicted octanol–water partition coefficient (Wildman–Crippen LogP) is 4.22. The first-order valence-corrected chi connectivity index (χ1v) is 6.62. The van der Waals surface area contributed by atoms with Crippen LogP contribution >= 0.6 is 0 Å². The highest BCUT2D eigenvalue weighted by Gasteiger charge is 2.24. The maximum absolute atomic E-state index is 10.5. The summed E-state index contributed by atoms with van der Waals surface area (Å²) in [5.74, 6) is 0.815. The SMILES string of the molecule is CC(C)(C)c1cc(O)cc(C2C=CCCC2)c1O. The minimum Gasteiger partial charge on any atom is -0.508 e. The topological polar surface area (TPSA) is 40.5 Å². The Morgan fingerprint density at radius 1 is 1.17 bits per heavy atom. The Kier molecular flexibility index (Phi) is 3.38. The highest BCUT2D eigenvalue weighted by molar-refractivity contribution is 5.51. The van der Waals surface area contributed by atoms with Crippen LogP contribution in [0.25, 0.3) is 0 Å². The van der Waals surface area contributed by atoms with Gasteiger partial charge in [0.2, 0.25) is 0 Å². The van der Waals surface area contributed by atoms with E-state index in [0.29, 0.717) is 5.75 Å². The van der Waals surface area contributed by atoms with E-state index < -0.39 is 0 Å². The lowest BCUT2D eigenvalue weighted by molar-refractivity contribution is 0.424. The van der Waals surface area contributed by atoms with E-state index >= 15 is 0 Å². The predicted molar refractivity (Wildman–Crippen MR) is 74.2 cm³/mol. The molecular weight excluding hydrogens is 224 g/mol. The van der Waals surface area contributed by atoms with E-state index in [9.17, 15) is 10.2 Å². The van der Waals surface area contributed by atoms with E-state index in [2.05, 4.69) is 12.2 Å². The van der Waals surface area contributed by atoms with Crippen molar-refractivity contribution in [3.63, 3.8) is 0 Å². The maximum Gasteiger partial charge on any atom is 0.123 e. The number of phenols is 2. The van der Waals surface area contributed by atoms with Crippen LogP contribution in [0.2, 0.25) is 0 Å². The molecule has 1 atom stereocenters. The summed E-state index contributed by atoms with van der Waals surface area (Å²) >= 11 is 0. The zero-order chi connectivity index (χ0) is 13.3. The lowest BCUT2D eigenvalue weighted by Crippen LogP contribution is -2.13. The van der Waals surface area contributed by atoms with Crippen molar-refractivity contribution in [1.82, 2.24) is 0 Å². The normalized spacial score (nSPS) is 20.1. The quantitative estimate of drug-likeness (QED) is 0.575. The molecule has 0 saturated heterocycles. The lowest BCUT2D eigenvalue weighted by Gasteiger charge is -2.25. The fourth-order valence-corrected chi connectivity index (χ4v) is 2.57. The van der Waals surface area contributed by atoms with Gasteiger partial charge in [-0.25, -0.2) is 0 Å². The summed E-state index contributed by atoms with van der Waals surface area (Å²) < 4.78 is 0. The van der Waals surface area contributed by atoms with Gasteiger partial charge < -0.3 is 10.2 Å². The van der Waals surface area contributed by atoms with Gasteiger partial charge in [-0.2, -0.15) is 0 Å². The minimum atomic E-state index is -0.171. The molecule has 0 bridgehead atoms. The molecule has 0 saturated carbocycles. The van der Waals surface area contributed by atoms with E-state index in [1.54, 1.807) is 12.1 Å². The van der Waals surface area contributed by atoms with Gasteiger partial charge in [0.25, 0.3) is 0 Å². The van der Waals surface area contributed by atoms with Crippen molar-refractivity contribution in [1.29, 1.82) is 0 Å². The summed E-state index contributed by atoms with van der Waals surface area (Å²) in [5, 5.41) is 20.3. The minimum absolute atomic E-state index is 0.171. The zero-order valence-corrected chi connectivity index (χ0v) is 11.4. The molecule has 0 heterocycles. The molecule has 2 heteroatoms. The molecule has 0 amide bonds. The Bertz CT molecular complexity index is 467. The molecule has 0 aliphatic heterocycles. The Labute approximate surface area is 109 Å². The Morgan fingerprint density at radius 3 is 2.44 bits per heavy atom. The summed E-state index contributed by atoms with van der Waals surface area (Å²) in [6.07, 6.45) is 7.60. The molecule has 0 radical (unpaired) electrons. The summed E-state index contributed by atoms with van der Waals surface area (Å²) in [6.45, 7) is 6.13. The lowest BCUT2D eigenvalue weighted by atomic mass is 9.81. The van der Waals surface area contributed by atoms with Gasteiger partial charge >= 0.3 is 0 Å². The van der Waals surface area contributed by atoms with Crippen LogP contribution in [0.4, 0.5) is 0 Å². The fourth-order valence-electron chi connectivity index (χ4n) is 2.57. The highest BCUT2D eigenvalue weighted by Crippen LogP contribution is 2.42. The third-order valence-corrected chi connectivity index (χ3v) is 3.59. The molecule has 98 valence electrons. The summed E-state index contributed by atoms with van der Waals surface area (Å²) in [7, 11) is 0. The zero-order valence-electron chi connectivity index (χ0n) is 11.4. The van der Waals surface area contributed by atoms with Gasteiger partial charge in [0, 0.05) is 17.0 Å². The molecule has 1 unspecified atom stereocenters. The van der Waals surface area contributed by atoms with Crippen LogP contribution in [-0.2, 0) is 5.41 Å². The van der Waals surface area contributed by atoms with Crippen molar-refractivity contribution in [3.8, 4) is 11.5 Å². The van der Waals surface area contributed by atoms with E-state index in [1.165, 1.54) is 0 Å². The van der Waals surface area contributed by atoms with Crippen LogP contribution in [0.1, 0.15) is 57.1 Å². The molecule has 1 aliphatic rings. The van der Waals surface area contributed by atoms with Crippen LogP contribution in [0.3, 0.4) is 0 Å². The van der Waals surface area contributed by atoms with E-state index in [4.69, 9.17) is 0 Å². The first kappa shape index (κ1) is 13.0. The third kappa shape index (κ3) is 2.53. The Hall–Kier alpha value is -1.44. The molecule has 1 aliphatic carbocycles. The van der Waals surface area contributed by atoms with E-state index in [-0.39, 0.29) is 17.1 Å². The first-order valence-electron chi connectivity index (χ1n) is 6.62. The first-order chi connectivity index (χ1) is 8.39. The summed E-state index contributed by atoms with van der Waals surface area (Å²) in [6, 6.07) is 3.37. The van der Waals surface area contributed by atoms with Crippen molar-refractivity contribution in [2.75, 3.05) is 0 Å². The number of aromatic hydroxyl groups is 2. The van der Waals surface area contributed by atoms with Crippen molar-refractivity contribution < 1.29 is 10.2 Å². The molecule has 2 nitrogen and oxygen atoms in total. The van der Waals surface area contributed by atoms with Gasteiger partial charge in [0.05, 0.1) is 0 Å². The number of phenolic OH excluding ortho intramolecular Hbond substituents is 2. The molecular formula is C16H22O2. The van der Waals surface area contributed by atoms with Crippen LogP contribution in [0, 0.1) is 0 Å². The van der Waals surface area contributed by atoms with Crippen molar-refractivity contribution in [2.45, 2.75) is 51.4 Å². The summed E-state index contributed by atoms with van der Waals surface area (Å²) in [5.41, 5.74) is 1.50. The molecule has 0 spiro atoms. The second-order valence-corrected chi connectivity index (χ2v) is 6.15. The van der Waals surface area contributed by atoms with E-state index in [1.807, 2.05) is 20.8 Å². The van der Waals surface area contributed by atoms with Crippen LogP contribution in [-0.4, -0.2) is 10.2 Å². The Morgan fingerprint density at radius 2 is 1.89 bits per heavy atom. The number of rotatable bonds is 1. The van der Waals surface area contributed by atoms with Gasteiger partial charge in [-0.15, -0.1) is 0 Å². The number of hydrogen-bond donors (Lipinski definition) is 2. The highest BCUT2D eigenvalue weighted by atomic mass is 16.3. The molecule has 0 aromatic heterocycles. The van der Waals surface area contributed by atoms with Crippen molar-refractivity contribution in [2.24, 2.45) is 0 Å². The average Bonchev–Trinajstić information content (AvgIpc) is 2.31. The maximum atomic E-state index is 10.5. The fraction of sp³-hybridized carbons (Fsp3) is 0.500. The Balaban J connectivity index is 2.51. The summed E-state index contributed by atoms with van der Waals surface area (Å²) in [4.78, 5) is 0. The van der Waals surface area contributed by atoms with E-state index in [0.717, 1.165) is 30.4 Å². The van der Waals surface area contributed by atoms with Gasteiger partial charge in [-0.05, 0) is 36.8 Å². The average molecular weight is 246 g/mol. The van der Waals surface area contributed by atoms with Gasteiger partial charge in [0.15, 0.2) is 0 Å². The standard InChI is InChI=1S/C16H22O2/c1-16(2,3)14-10-12(17)9-13(15(14)18)11-7-5-4-6-8-11/h5,7,9-11,17-18H,4,6,8H2,1-3H3. The van der Waals surface area contributed by atoms with Crippen molar-refractivity contribution in [3.05, 3.63) is 35.4 Å². The third-order valence-electron chi connectivity index (χ3n) is 3.59. The molecule has 1 aromatic rings.